The molecule has 0 bridgehead atoms. The van der Waals surface area contributed by atoms with E-state index < -0.39 is 54.2 Å². The lowest BCUT2D eigenvalue weighted by Crippen LogP contribution is -2.47. The summed E-state index contributed by atoms with van der Waals surface area (Å²) in [5.74, 6) is 0. The zero-order valence-electron chi connectivity index (χ0n) is 18.0. The Hall–Kier alpha value is -1.33. The Morgan fingerprint density at radius 1 is 1.17 bits per heavy atom. The zero-order valence-corrected chi connectivity index (χ0v) is 18.9. The Bertz CT molecular complexity index is 950. The van der Waals surface area contributed by atoms with E-state index in [1.807, 2.05) is 0 Å². The van der Waals surface area contributed by atoms with E-state index in [0.717, 1.165) is 9.13 Å². The van der Waals surface area contributed by atoms with Crippen molar-refractivity contribution >= 4 is 7.60 Å². The van der Waals surface area contributed by atoms with Crippen molar-refractivity contribution in [3.63, 3.8) is 0 Å². The third kappa shape index (κ3) is 4.08. The molecule has 12 heteroatoms. The molecule has 172 valence electrons. The molecule has 1 fully saturated rings. The first kappa shape index (κ1) is 24.9. The molecule has 0 spiro atoms. The van der Waals surface area contributed by atoms with Crippen LogP contribution in [0.2, 0.25) is 0 Å². The van der Waals surface area contributed by atoms with E-state index in [1.54, 1.807) is 13.8 Å². The fraction of sp³-hybridized carbons (Fsp3) is 0.778. The molecule has 2 rings (SSSR count). The SMILES string of the molecule is CCC(O)(CC)P(=O)(O)OC(C)(C)[C@H]1OC(c2cn(C)c(=O)n(C)c2=O)[C@H](O)[C@@H]1O. The third-order valence-corrected chi connectivity index (χ3v) is 8.15. The van der Waals surface area contributed by atoms with E-state index in [4.69, 9.17) is 9.26 Å². The Morgan fingerprint density at radius 2 is 1.70 bits per heavy atom. The van der Waals surface area contributed by atoms with Crippen LogP contribution in [0, 0.1) is 0 Å². The third-order valence-electron chi connectivity index (χ3n) is 5.75. The van der Waals surface area contributed by atoms with Crippen molar-refractivity contribution < 1.29 is 34.0 Å². The highest BCUT2D eigenvalue weighted by Gasteiger charge is 2.56. The number of aliphatic hydroxyl groups is 3. The highest BCUT2D eigenvalue weighted by atomic mass is 31.2. The molecule has 11 nitrogen and oxygen atoms in total. The quantitative estimate of drug-likeness (QED) is 0.410. The summed E-state index contributed by atoms with van der Waals surface area (Å²) >= 11 is 0. The van der Waals surface area contributed by atoms with Gasteiger partial charge in [-0.1, -0.05) is 13.8 Å². The molecule has 1 aromatic rings. The van der Waals surface area contributed by atoms with Crippen molar-refractivity contribution in [2.45, 2.75) is 75.9 Å². The van der Waals surface area contributed by atoms with Crippen LogP contribution < -0.4 is 11.2 Å². The van der Waals surface area contributed by atoms with Gasteiger partial charge in [0.1, 0.15) is 30.0 Å². The van der Waals surface area contributed by atoms with Crippen molar-refractivity contribution in [1.29, 1.82) is 0 Å². The Labute approximate surface area is 174 Å². The van der Waals surface area contributed by atoms with Crippen LogP contribution in [0.1, 0.15) is 52.2 Å². The molecular formula is C18H31N2O9P. The van der Waals surface area contributed by atoms with Gasteiger partial charge < -0.3 is 29.5 Å². The molecule has 2 heterocycles. The minimum absolute atomic E-state index is 0.0409. The summed E-state index contributed by atoms with van der Waals surface area (Å²) in [6.07, 6.45) is -4.60. The maximum absolute atomic E-state index is 12.8. The molecule has 4 N–H and O–H groups in total. The zero-order chi connectivity index (χ0) is 23.2. The summed E-state index contributed by atoms with van der Waals surface area (Å²) in [6, 6.07) is 0. The maximum Gasteiger partial charge on any atom is 0.359 e. The minimum Gasteiger partial charge on any atom is -0.387 e. The van der Waals surface area contributed by atoms with Crippen molar-refractivity contribution in [3.8, 4) is 0 Å². The van der Waals surface area contributed by atoms with Crippen LogP contribution in [0.5, 0.6) is 0 Å². The topological polar surface area (TPSA) is 160 Å². The van der Waals surface area contributed by atoms with Gasteiger partial charge >= 0.3 is 13.3 Å². The molecule has 0 aliphatic carbocycles. The molecule has 0 radical (unpaired) electrons. The van der Waals surface area contributed by atoms with Gasteiger partial charge in [0.15, 0.2) is 5.34 Å². The number of ether oxygens (including phenoxy) is 1. The van der Waals surface area contributed by atoms with Gasteiger partial charge in [0.05, 0.1) is 5.56 Å². The van der Waals surface area contributed by atoms with Gasteiger partial charge in [0.25, 0.3) is 5.56 Å². The van der Waals surface area contributed by atoms with Crippen LogP contribution in [-0.2, 0) is 27.9 Å². The summed E-state index contributed by atoms with van der Waals surface area (Å²) in [5, 5.41) is 29.6. The predicted molar refractivity (Wildman–Crippen MR) is 107 cm³/mol. The van der Waals surface area contributed by atoms with Crippen LogP contribution in [0.25, 0.3) is 0 Å². The maximum atomic E-state index is 12.8. The number of rotatable bonds is 7. The molecule has 2 unspecified atom stereocenters. The second-order valence-corrected chi connectivity index (χ2v) is 10.3. The van der Waals surface area contributed by atoms with E-state index >= 15 is 0 Å². The van der Waals surface area contributed by atoms with Crippen LogP contribution in [0.3, 0.4) is 0 Å². The lowest BCUT2D eigenvalue weighted by molar-refractivity contribution is -0.107. The number of aromatic nitrogens is 2. The van der Waals surface area contributed by atoms with Gasteiger partial charge in [-0.2, -0.15) is 0 Å². The number of aryl methyl sites for hydroxylation is 1. The highest BCUT2D eigenvalue weighted by molar-refractivity contribution is 7.54. The van der Waals surface area contributed by atoms with E-state index in [9.17, 15) is 34.4 Å². The molecule has 0 saturated carbocycles. The summed E-state index contributed by atoms with van der Waals surface area (Å²) < 4.78 is 25.9. The van der Waals surface area contributed by atoms with Crippen molar-refractivity contribution in [2.24, 2.45) is 14.1 Å². The standard InChI is InChI=1S/C18H31N2O9P/c1-7-18(25,8-2)30(26,27)29-17(3,4)14-12(22)11(21)13(28-14)10-9-19(5)16(24)20(6)15(10)23/h9,11-14,21-22,25H,7-8H2,1-6H3,(H,26,27)/t11-,12+,13?,14+/m1/s1. The molecule has 0 amide bonds. The Kier molecular flexibility index (Phi) is 6.91. The lowest BCUT2D eigenvalue weighted by Gasteiger charge is -2.39. The van der Waals surface area contributed by atoms with Crippen LogP contribution in [0.15, 0.2) is 15.8 Å². The van der Waals surface area contributed by atoms with Gasteiger partial charge in [0, 0.05) is 20.3 Å². The fourth-order valence-electron chi connectivity index (χ4n) is 3.65. The van der Waals surface area contributed by atoms with Crippen LogP contribution >= 0.6 is 7.60 Å². The Morgan fingerprint density at radius 3 is 2.20 bits per heavy atom. The van der Waals surface area contributed by atoms with Gasteiger partial charge in [0.2, 0.25) is 0 Å². The predicted octanol–water partition coefficient (Wildman–Crippen LogP) is -0.265. The molecule has 1 aromatic heterocycles. The van der Waals surface area contributed by atoms with E-state index in [1.165, 1.54) is 34.1 Å². The van der Waals surface area contributed by atoms with Gasteiger partial charge in [-0.25, -0.2) is 4.79 Å². The Balaban J connectivity index is 2.40. The van der Waals surface area contributed by atoms with E-state index in [-0.39, 0.29) is 18.4 Å². The molecule has 5 atom stereocenters. The number of aliphatic hydroxyl groups excluding tert-OH is 2. The summed E-state index contributed by atoms with van der Waals surface area (Å²) in [7, 11) is -1.89. The second kappa shape index (κ2) is 8.31. The van der Waals surface area contributed by atoms with Gasteiger partial charge in [-0.05, 0) is 26.7 Å². The lowest BCUT2D eigenvalue weighted by atomic mass is 9.94. The number of hydrogen-bond donors (Lipinski definition) is 4. The monoisotopic (exact) mass is 450 g/mol. The molecule has 1 aliphatic heterocycles. The smallest absolute Gasteiger partial charge is 0.359 e. The summed E-state index contributed by atoms with van der Waals surface area (Å²) in [4.78, 5) is 34.8. The van der Waals surface area contributed by atoms with Crippen molar-refractivity contribution in [3.05, 3.63) is 32.6 Å². The van der Waals surface area contributed by atoms with E-state index in [0.29, 0.717) is 0 Å². The summed E-state index contributed by atoms with van der Waals surface area (Å²) in [6.45, 7) is 5.84. The van der Waals surface area contributed by atoms with Gasteiger partial charge in [-0.3, -0.25) is 18.5 Å². The molecule has 30 heavy (non-hydrogen) atoms. The molecule has 1 saturated heterocycles. The van der Waals surface area contributed by atoms with Gasteiger partial charge in [-0.15, -0.1) is 0 Å². The largest absolute Gasteiger partial charge is 0.387 e. The molecule has 1 aliphatic rings. The van der Waals surface area contributed by atoms with Crippen molar-refractivity contribution in [2.75, 3.05) is 0 Å². The first-order chi connectivity index (χ1) is 13.6. The average molecular weight is 450 g/mol. The number of nitrogens with zero attached hydrogens (tertiary/aromatic N) is 2. The first-order valence-corrected chi connectivity index (χ1v) is 11.3. The normalized spacial score (nSPS) is 27.3. The average Bonchev–Trinajstić information content (AvgIpc) is 2.97. The molecular weight excluding hydrogens is 419 g/mol. The first-order valence-electron chi connectivity index (χ1n) is 9.67. The van der Waals surface area contributed by atoms with Crippen LogP contribution in [0.4, 0.5) is 0 Å². The minimum atomic E-state index is -4.59. The number of hydrogen-bond acceptors (Lipinski definition) is 8. The van der Waals surface area contributed by atoms with Crippen molar-refractivity contribution in [1.82, 2.24) is 9.13 Å². The molecule has 0 aromatic carbocycles. The second-order valence-electron chi connectivity index (χ2n) is 8.21. The fourth-order valence-corrected chi connectivity index (χ4v) is 5.36. The highest BCUT2D eigenvalue weighted by Crippen LogP contribution is 2.60. The van der Waals surface area contributed by atoms with Crippen LogP contribution in [-0.4, -0.2) is 58.6 Å². The van der Waals surface area contributed by atoms with E-state index in [2.05, 4.69) is 0 Å². The summed E-state index contributed by atoms with van der Waals surface area (Å²) in [5.41, 5.74) is -2.95.